The van der Waals surface area contributed by atoms with Gasteiger partial charge in [0.2, 0.25) is 0 Å². The third-order valence-corrected chi connectivity index (χ3v) is 2.55. The maximum atomic E-state index is 5.38. The molecule has 1 aliphatic heterocycles. The third-order valence-electron chi connectivity index (χ3n) is 2.55. The molecule has 0 N–H and O–H groups in total. The van der Waals surface area contributed by atoms with Gasteiger partial charge in [-0.2, -0.15) is 0 Å². The Hall–Kier alpha value is -0.720. The molecule has 0 aromatic heterocycles. The van der Waals surface area contributed by atoms with Crippen LogP contribution in [0.2, 0.25) is 0 Å². The molecule has 14 heavy (non-hydrogen) atoms. The van der Waals surface area contributed by atoms with Gasteiger partial charge in [0.25, 0.3) is 0 Å². The summed E-state index contributed by atoms with van der Waals surface area (Å²) in [6, 6.07) is 0. The molecule has 1 heterocycles. The maximum Gasteiger partial charge on any atom is 0.116 e. The van der Waals surface area contributed by atoms with E-state index in [1.807, 2.05) is 0 Å². The molecule has 80 valence electrons. The lowest BCUT2D eigenvalue weighted by molar-refractivity contribution is 0.230. The quantitative estimate of drug-likeness (QED) is 0.647. The topological polar surface area (TPSA) is 9.23 Å². The molecule has 0 radical (unpaired) electrons. The summed E-state index contributed by atoms with van der Waals surface area (Å²) >= 11 is 0. The van der Waals surface area contributed by atoms with Gasteiger partial charge in [-0.25, -0.2) is 0 Å². The molecule has 1 rings (SSSR count). The van der Waals surface area contributed by atoms with Crippen molar-refractivity contribution < 1.29 is 4.74 Å². The lowest BCUT2D eigenvalue weighted by atomic mass is 9.71. The molecule has 0 amide bonds. The molecule has 0 fully saturated rings. The van der Waals surface area contributed by atoms with Crippen molar-refractivity contribution in [3.05, 3.63) is 24.0 Å². The highest BCUT2D eigenvalue weighted by Gasteiger charge is 2.32. The van der Waals surface area contributed by atoms with Gasteiger partial charge in [0, 0.05) is 0 Å². The highest BCUT2D eigenvalue weighted by atomic mass is 16.5. The van der Waals surface area contributed by atoms with Gasteiger partial charge < -0.3 is 4.74 Å². The molecular formula is C13H22O. The number of allylic oxidation sites excluding steroid dienone is 1. The Morgan fingerprint density at radius 1 is 1.29 bits per heavy atom. The van der Waals surface area contributed by atoms with Crippen molar-refractivity contribution in [2.75, 3.05) is 6.61 Å². The SMILES string of the molecule is C=C1OCC=C1C(C)(C)CC(C)(C)C. The number of hydrogen-bond acceptors (Lipinski definition) is 1. The molecule has 1 heteroatoms. The predicted octanol–water partition coefficient (Wildman–Crippen LogP) is 3.92. The molecule has 0 aromatic rings. The van der Waals surface area contributed by atoms with E-state index in [1.54, 1.807) is 0 Å². The van der Waals surface area contributed by atoms with Gasteiger partial charge in [-0.05, 0) is 28.9 Å². The third kappa shape index (κ3) is 2.63. The van der Waals surface area contributed by atoms with Crippen molar-refractivity contribution in [2.45, 2.75) is 41.0 Å². The lowest BCUT2D eigenvalue weighted by Crippen LogP contribution is -2.22. The normalized spacial score (nSPS) is 18.1. The minimum absolute atomic E-state index is 0.172. The summed E-state index contributed by atoms with van der Waals surface area (Å²) < 4.78 is 5.38. The summed E-state index contributed by atoms with van der Waals surface area (Å²) in [4.78, 5) is 0. The van der Waals surface area contributed by atoms with Crippen molar-refractivity contribution in [2.24, 2.45) is 10.8 Å². The second-order valence-electron chi connectivity index (χ2n) is 5.97. The zero-order valence-electron chi connectivity index (χ0n) is 10.1. The molecular weight excluding hydrogens is 172 g/mol. The fourth-order valence-corrected chi connectivity index (χ4v) is 2.49. The van der Waals surface area contributed by atoms with Crippen LogP contribution in [0.5, 0.6) is 0 Å². The highest BCUT2D eigenvalue weighted by Crippen LogP contribution is 2.43. The zero-order chi connectivity index (χ0) is 11.0. The van der Waals surface area contributed by atoms with E-state index >= 15 is 0 Å². The Balaban J connectivity index is 2.80. The van der Waals surface area contributed by atoms with Gasteiger partial charge in [0.15, 0.2) is 0 Å². The van der Waals surface area contributed by atoms with Crippen LogP contribution in [0.15, 0.2) is 24.0 Å². The first kappa shape index (κ1) is 11.4. The van der Waals surface area contributed by atoms with Crippen LogP contribution in [0.4, 0.5) is 0 Å². The summed E-state index contributed by atoms with van der Waals surface area (Å²) in [5.74, 6) is 0.860. The second kappa shape index (κ2) is 3.45. The smallest absolute Gasteiger partial charge is 0.116 e. The fraction of sp³-hybridized carbons (Fsp3) is 0.692. The maximum absolute atomic E-state index is 5.38. The van der Waals surface area contributed by atoms with Crippen LogP contribution in [0.25, 0.3) is 0 Å². The molecule has 0 saturated carbocycles. The molecule has 0 atom stereocenters. The van der Waals surface area contributed by atoms with Crippen molar-refractivity contribution >= 4 is 0 Å². The van der Waals surface area contributed by atoms with Crippen molar-refractivity contribution in [1.29, 1.82) is 0 Å². The van der Waals surface area contributed by atoms with Crippen LogP contribution in [-0.2, 0) is 4.74 Å². The van der Waals surface area contributed by atoms with Gasteiger partial charge in [0.1, 0.15) is 12.4 Å². The lowest BCUT2D eigenvalue weighted by Gasteiger charge is -2.33. The average molecular weight is 194 g/mol. The van der Waals surface area contributed by atoms with E-state index in [1.165, 1.54) is 5.57 Å². The zero-order valence-corrected chi connectivity index (χ0v) is 10.1. The van der Waals surface area contributed by atoms with Gasteiger partial charge in [-0.15, -0.1) is 0 Å². The molecule has 0 saturated heterocycles. The van der Waals surface area contributed by atoms with Crippen LogP contribution >= 0.6 is 0 Å². The fourth-order valence-electron chi connectivity index (χ4n) is 2.49. The minimum Gasteiger partial charge on any atom is -0.490 e. The standard InChI is InChI=1S/C13H22O/c1-10-11(7-8-14-10)13(5,6)9-12(2,3)4/h7H,1,8-9H2,2-6H3. The molecule has 0 unspecified atom stereocenters. The molecule has 0 bridgehead atoms. The highest BCUT2D eigenvalue weighted by molar-refractivity contribution is 5.33. The van der Waals surface area contributed by atoms with Crippen molar-refractivity contribution in [3.8, 4) is 0 Å². The van der Waals surface area contributed by atoms with Crippen LogP contribution in [0.3, 0.4) is 0 Å². The van der Waals surface area contributed by atoms with Crippen LogP contribution in [0, 0.1) is 10.8 Å². The second-order valence-corrected chi connectivity index (χ2v) is 5.97. The summed E-state index contributed by atoms with van der Waals surface area (Å²) in [6.07, 6.45) is 3.31. The van der Waals surface area contributed by atoms with Crippen molar-refractivity contribution in [1.82, 2.24) is 0 Å². The first-order chi connectivity index (χ1) is 6.22. The van der Waals surface area contributed by atoms with E-state index in [0.717, 1.165) is 12.2 Å². The van der Waals surface area contributed by atoms with Gasteiger partial charge in [-0.1, -0.05) is 41.2 Å². The van der Waals surface area contributed by atoms with E-state index in [2.05, 4.69) is 47.3 Å². The number of hydrogen-bond donors (Lipinski definition) is 0. The van der Waals surface area contributed by atoms with E-state index in [9.17, 15) is 0 Å². The molecule has 1 nitrogen and oxygen atoms in total. The van der Waals surface area contributed by atoms with E-state index < -0.39 is 0 Å². The first-order valence-corrected chi connectivity index (χ1v) is 5.25. The Kier molecular flexibility index (Phi) is 2.80. The monoisotopic (exact) mass is 194 g/mol. The molecule has 0 aliphatic carbocycles. The minimum atomic E-state index is 0.172. The van der Waals surface area contributed by atoms with Crippen molar-refractivity contribution in [3.63, 3.8) is 0 Å². The summed E-state index contributed by atoms with van der Waals surface area (Å²) in [7, 11) is 0. The summed E-state index contributed by atoms with van der Waals surface area (Å²) in [6.45, 7) is 16.0. The first-order valence-electron chi connectivity index (χ1n) is 5.25. The molecule has 0 spiro atoms. The van der Waals surface area contributed by atoms with E-state index in [0.29, 0.717) is 12.0 Å². The average Bonchev–Trinajstić information content (AvgIpc) is 2.29. The Morgan fingerprint density at radius 3 is 2.21 bits per heavy atom. The largest absolute Gasteiger partial charge is 0.490 e. The van der Waals surface area contributed by atoms with E-state index in [4.69, 9.17) is 4.74 Å². The summed E-state index contributed by atoms with van der Waals surface area (Å²) in [5.41, 5.74) is 1.80. The van der Waals surface area contributed by atoms with Gasteiger partial charge in [-0.3, -0.25) is 0 Å². The predicted molar refractivity (Wildman–Crippen MR) is 61.0 cm³/mol. The molecule has 0 aromatic carbocycles. The van der Waals surface area contributed by atoms with E-state index in [-0.39, 0.29) is 5.41 Å². The van der Waals surface area contributed by atoms with Gasteiger partial charge >= 0.3 is 0 Å². The Labute approximate surface area is 87.8 Å². The number of ether oxygens (including phenoxy) is 1. The summed E-state index contributed by atoms with van der Waals surface area (Å²) in [5, 5.41) is 0. The Bertz CT molecular complexity index is 263. The van der Waals surface area contributed by atoms with Crippen LogP contribution in [-0.4, -0.2) is 6.61 Å². The number of rotatable bonds is 2. The van der Waals surface area contributed by atoms with Crippen LogP contribution in [0.1, 0.15) is 41.0 Å². The Morgan fingerprint density at radius 2 is 1.86 bits per heavy atom. The van der Waals surface area contributed by atoms with Crippen LogP contribution < -0.4 is 0 Å². The van der Waals surface area contributed by atoms with Gasteiger partial charge in [0.05, 0.1) is 0 Å². The molecule has 1 aliphatic rings.